The number of hydrogen-bond donors (Lipinski definition) is 1. The molecule has 0 radical (unpaired) electrons. The molecule has 0 aromatic carbocycles. The molecular formula is C10H21NO2S. The molecule has 0 atom stereocenters. The van der Waals surface area contributed by atoms with Crippen molar-refractivity contribution in [2.75, 3.05) is 18.6 Å². The first-order valence-corrected chi connectivity index (χ1v) is 7.55. The summed E-state index contributed by atoms with van der Waals surface area (Å²) in [5.41, 5.74) is 0. The van der Waals surface area contributed by atoms with Gasteiger partial charge >= 0.3 is 0 Å². The first-order valence-electron chi connectivity index (χ1n) is 5.49. The standard InChI is InChI=1S/C10H21NO2S/c1-14(12,13)9-8-11-10-6-4-2-3-5-7-10/h10-11H,2-9H2,1H3. The van der Waals surface area contributed by atoms with E-state index in [1.54, 1.807) is 0 Å². The van der Waals surface area contributed by atoms with Crippen LogP contribution in [-0.2, 0) is 9.84 Å². The summed E-state index contributed by atoms with van der Waals surface area (Å²) in [6, 6.07) is 0.555. The fourth-order valence-electron chi connectivity index (χ4n) is 1.93. The second-order valence-corrected chi connectivity index (χ2v) is 6.53. The second-order valence-electron chi connectivity index (χ2n) is 4.27. The van der Waals surface area contributed by atoms with Crippen LogP contribution in [0, 0.1) is 0 Å². The lowest BCUT2D eigenvalue weighted by molar-refractivity contribution is 0.471. The van der Waals surface area contributed by atoms with Crippen LogP contribution in [0.3, 0.4) is 0 Å². The van der Waals surface area contributed by atoms with E-state index >= 15 is 0 Å². The predicted octanol–water partition coefficient (Wildman–Crippen LogP) is 1.34. The lowest BCUT2D eigenvalue weighted by atomic mass is 10.1. The van der Waals surface area contributed by atoms with E-state index in [1.807, 2.05) is 0 Å². The molecule has 1 aliphatic carbocycles. The summed E-state index contributed by atoms with van der Waals surface area (Å²) in [6.07, 6.45) is 8.97. The van der Waals surface area contributed by atoms with Gasteiger partial charge in [0, 0.05) is 18.8 Å². The van der Waals surface area contributed by atoms with Crippen LogP contribution in [0.15, 0.2) is 0 Å². The predicted molar refractivity (Wildman–Crippen MR) is 59.2 cm³/mol. The third kappa shape index (κ3) is 5.60. The van der Waals surface area contributed by atoms with E-state index < -0.39 is 9.84 Å². The summed E-state index contributed by atoms with van der Waals surface area (Å²) in [5, 5.41) is 3.34. The van der Waals surface area contributed by atoms with Gasteiger partial charge < -0.3 is 5.32 Å². The van der Waals surface area contributed by atoms with E-state index in [0.29, 0.717) is 12.6 Å². The molecule has 0 amide bonds. The van der Waals surface area contributed by atoms with Crippen molar-refractivity contribution in [1.82, 2.24) is 5.32 Å². The Morgan fingerprint density at radius 1 is 1.14 bits per heavy atom. The van der Waals surface area contributed by atoms with Crippen LogP contribution in [0.4, 0.5) is 0 Å². The number of hydrogen-bond acceptors (Lipinski definition) is 3. The number of sulfone groups is 1. The quantitative estimate of drug-likeness (QED) is 0.726. The van der Waals surface area contributed by atoms with Gasteiger partial charge in [-0.05, 0) is 12.8 Å². The van der Waals surface area contributed by atoms with Crippen LogP contribution >= 0.6 is 0 Å². The highest BCUT2D eigenvalue weighted by molar-refractivity contribution is 7.90. The molecule has 0 saturated heterocycles. The summed E-state index contributed by atoms with van der Waals surface area (Å²) in [7, 11) is -2.80. The van der Waals surface area contributed by atoms with Crippen molar-refractivity contribution in [2.45, 2.75) is 44.6 Å². The van der Waals surface area contributed by atoms with E-state index in [4.69, 9.17) is 0 Å². The van der Waals surface area contributed by atoms with Gasteiger partial charge in [-0.15, -0.1) is 0 Å². The normalized spacial score (nSPS) is 20.6. The maximum absolute atomic E-state index is 10.9. The molecule has 0 aliphatic heterocycles. The minimum Gasteiger partial charge on any atom is -0.313 e. The summed E-state index contributed by atoms with van der Waals surface area (Å²) in [4.78, 5) is 0. The van der Waals surface area contributed by atoms with Crippen LogP contribution in [-0.4, -0.2) is 33.0 Å². The summed E-state index contributed by atoms with van der Waals surface area (Å²) < 4.78 is 21.8. The Labute approximate surface area is 87.2 Å². The molecule has 0 unspecified atom stereocenters. The Morgan fingerprint density at radius 2 is 1.71 bits per heavy atom. The molecule has 1 rings (SSSR count). The smallest absolute Gasteiger partial charge is 0.148 e. The summed E-state index contributed by atoms with van der Waals surface area (Å²) >= 11 is 0. The van der Waals surface area contributed by atoms with Gasteiger partial charge in [0.25, 0.3) is 0 Å². The topological polar surface area (TPSA) is 46.2 Å². The van der Waals surface area contributed by atoms with Gasteiger partial charge in [-0.1, -0.05) is 25.7 Å². The minimum absolute atomic E-state index is 0.267. The Kier molecular flexibility index (Phi) is 4.89. The molecule has 0 heterocycles. The highest BCUT2D eigenvalue weighted by Crippen LogP contribution is 2.16. The van der Waals surface area contributed by atoms with E-state index in [9.17, 15) is 8.42 Å². The zero-order valence-electron chi connectivity index (χ0n) is 8.96. The zero-order chi connectivity index (χ0) is 10.4. The Hall–Kier alpha value is -0.0900. The van der Waals surface area contributed by atoms with Gasteiger partial charge in [-0.2, -0.15) is 0 Å². The summed E-state index contributed by atoms with van der Waals surface area (Å²) in [6.45, 7) is 0.615. The molecule has 1 fully saturated rings. The third-order valence-corrected chi connectivity index (χ3v) is 3.71. The molecule has 14 heavy (non-hydrogen) atoms. The van der Waals surface area contributed by atoms with E-state index in [2.05, 4.69) is 5.32 Å². The van der Waals surface area contributed by atoms with E-state index in [-0.39, 0.29) is 5.75 Å². The Bertz CT molecular complexity index is 241. The van der Waals surface area contributed by atoms with Crippen molar-refractivity contribution in [2.24, 2.45) is 0 Å². The molecule has 3 nitrogen and oxygen atoms in total. The van der Waals surface area contributed by atoms with Crippen molar-refractivity contribution >= 4 is 9.84 Å². The van der Waals surface area contributed by atoms with Crippen molar-refractivity contribution in [3.05, 3.63) is 0 Å². The first-order chi connectivity index (χ1) is 6.58. The fourth-order valence-corrected chi connectivity index (χ4v) is 2.42. The SMILES string of the molecule is CS(=O)(=O)CCNC1CCCCCC1. The molecule has 0 spiro atoms. The van der Waals surface area contributed by atoms with Crippen molar-refractivity contribution in [3.63, 3.8) is 0 Å². The molecule has 0 aromatic rings. The molecule has 1 N–H and O–H groups in total. The van der Waals surface area contributed by atoms with Gasteiger partial charge in [0.1, 0.15) is 9.84 Å². The second kappa shape index (κ2) is 5.71. The monoisotopic (exact) mass is 219 g/mol. The largest absolute Gasteiger partial charge is 0.313 e. The Balaban J connectivity index is 2.16. The van der Waals surface area contributed by atoms with Gasteiger partial charge in [0.15, 0.2) is 0 Å². The lowest BCUT2D eigenvalue weighted by Gasteiger charge is -2.15. The van der Waals surface area contributed by atoms with Gasteiger partial charge in [0.2, 0.25) is 0 Å². The van der Waals surface area contributed by atoms with Crippen molar-refractivity contribution < 1.29 is 8.42 Å². The maximum atomic E-state index is 10.9. The van der Waals surface area contributed by atoms with Crippen LogP contribution in [0.1, 0.15) is 38.5 Å². The average molecular weight is 219 g/mol. The van der Waals surface area contributed by atoms with Crippen LogP contribution in [0.2, 0.25) is 0 Å². The molecule has 1 aliphatic rings. The molecule has 1 saturated carbocycles. The summed E-state index contributed by atoms with van der Waals surface area (Å²) in [5.74, 6) is 0.267. The lowest BCUT2D eigenvalue weighted by Crippen LogP contribution is -2.32. The van der Waals surface area contributed by atoms with Gasteiger partial charge in [0.05, 0.1) is 5.75 Å². The number of rotatable bonds is 4. The molecule has 4 heteroatoms. The number of nitrogens with one attached hydrogen (secondary N) is 1. The van der Waals surface area contributed by atoms with E-state index in [1.165, 1.54) is 44.8 Å². The van der Waals surface area contributed by atoms with Crippen molar-refractivity contribution in [1.29, 1.82) is 0 Å². The maximum Gasteiger partial charge on any atom is 0.148 e. The molecule has 84 valence electrons. The molecular weight excluding hydrogens is 198 g/mol. The van der Waals surface area contributed by atoms with Crippen LogP contribution in [0.5, 0.6) is 0 Å². The van der Waals surface area contributed by atoms with Gasteiger partial charge in [-0.3, -0.25) is 0 Å². The van der Waals surface area contributed by atoms with Crippen LogP contribution in [0.25, 0.3) is 0 Å². The van der Waals surface area contributed by atoms with Crippen LogP contribution < -0.4 is 5.32 Å². The molecule has 0 aromatic heterocycles. The third-order valence-electron chi connectivity index (χ3n) is 2.76. The highest BCUT2D eigenvalue weighted by atomic mass is 32.2. The molecule has 0 bridgehead atoms. The highest BCUT2D eigenvalue weighted by Gasteiger charge is 2.11. The first kappa shape index (κ1) is 12.0. The fraction of sp³-hybridized carbons (Fsp3) is 1.00. The zero-order valence-corrected chi connectivity index (χ0v) is 9.78. The minimum atomic E-state index is -2.80. The Morgan fingerprint density at radius 3 is 2.21 bits per heavy atom. The average Bonchev–Trinajstić information content (AvgIpc) is 2.30. The van der Waals surface area contributed by atoms with Crippen molar-refractivity contribution in [3.8, 4) is 0 Å². The van der Waals surface area contributed by atoms with E-state index in [0.717, 1.165) is 0 Å². The van der Waals surface area contributed by atoms with Gasteiger partial charge in [-0.25, -0.2) is 8.42 Å².